The maximum absolute atomic E-state index is 13.0. The molecule has 0 spiro atoms. The molecule has 126 valence electrons. The Bertz CT molecular complexity index is 887. The highest BCUT2D eigenvalue weighted by molar-refractivity contribution is 5.90. The minimum Gasteiger partial charge on any atom is -0.449 e. The molecule has 2 N–H and O–H groups in total. The van der Waals surface area contributed by atoms with Gasteiger partial charge >= 0.3 is 5.97 Å². The molecule has 0 aliphatic heterocycles. The zero-order valence-electron chi connectivity index (χ0n) is 13.0. The first-order valence-corrected chi connectivity index (χ1v) is 7.45. The number of hydrogen-bond acceptors (Lipinski definition) is 4. The summed E-state index contributed by atoms with van der Waals surface area (Å²) in [5.74, 6) is -1.68. The van der Waals surface area contributed by atoms with Crippen molar-refractivity contribution in [2.24, 2.45) is 5.73 Å². The summed E-state index contributed by atoms with van der Waals surface area (Å²) in [5, 5.41) is 0. The van der Waals surface area contributed by atoms with Crippen LogP contribution in [0, 0.1) is 5.82 Å². The van der Waals surface area contributed by atoms with Crippen molar-refractivity contribution in [2.75, 3.05) is 0 Å². The van der Waals surface area contributed by atoms with Crippen LogP contribution in [0.2, 0.25) is 0 Å². The highest BCUT2D eigenvalue weighted by Gasteiger charge is 2.25. The summed E-state index contributed by atoms with van der Waals surface area (Å²) in [6.07, 6.45) is -1.21. The van der Waals surface area contributed by atoms with Crippen molar-refractivity contribution >= 4 is 11.9 Å². The molecule has 1 aromatic heterocycles. The Morgan fingerprint density at radius 1 is 0.960 bits per heavy atom. The average Bonchev–Trinajstić information content (AvgIpc) is 3.11. The van der Waals surface area contributed by atoms with E-state index in [4.69, 9.17) is 14.9 Å². The molecule has 0 saturated carbocycles. The summed E-state index contributed by atoms with van der Waals surface area (Å²) in [5.41, 5.74) is 6.40. The number of carbonyl (C=O) groups excluding carboxylic acids is 2. The van der Waals surface area contributed by atoms with E-state index in [-0.39, 0.29) is 11.6 Å². The van der Waals surface area contributed by atoms with Gasteiger partial charge in [-0.2, -0.15) is 0 Å². The Labute approximate surface area is 142 Å². The number of amides is 1. The summed E-state index contributed by atoms with van der Waals surface area (Å²) >= 11 is 0. The Hall–Kier alpha value is -3.41. The second-order valence-electron chi connectivity index (χ2n) is 5.27. The molecular weight excluding hydrogens is 325 g/mol. The molecule has 3 aromatic rings. The number of furan rings is 1. The molecule has 25 heavy (non-hydrogen) atoms. The molecule has 3 rings (SSSR count). The molecular formula is C19H14FNO4. The van der Waals surface area contributed by atoms with E-state index in [1.165, 1.54) is 30.3 Å². The van der Waals surface area contributed by atoms with Crippen LogP contribution < -0.4 is 5.73 Å². The number of halogens is 1. The second kappa shape index (κ2) is 7.00. The Balaban J connectivity index is 1.79. The maximum atomic E-state index is 13.0. The maximum Gasteiger partial charge on any atom is 0.375 e. The first kappa shape index (κ1) is 16.4. The first-order valence-electron chi connectivity index (χ1n) is 7.45. The van der Waals surface area contributed by atoms with Crippen LogP contribution in [0.5, 0.6) is 0 Å². The van der Waals surface area contributed by atoms with Gasteiger partial charge in [0.15, 0.2) is 0 Å². The monoisotopic (exact) mass is 339 g/mol. The molecule has 0 aliphatic rings. The first-order chi connectivity index (χ1) is 12.0. The lowest BCUT2D eigenvalue weighted by atomic mass is 10.1. The van der Waals surface area contributed by atoms with Crippen LogP contribution in [-0.4, -0.2) is 11.9 Å². The smallest absolute Gasteiger partial charge is 0.375 e. The van der Waals surface area contributed by atoms with Gasteiger partial charge in [-0.25, -0.2) is 9.18 Å². The van der Waals surface area contributed by atoms with E-state index in [0.29, 0.717) is 16.9 Å². The lowest BCUT2D eigenvalue weighted by molar-refractivity contribution is -0.127. The summed E-state index contributed by atoms with van der Waals surface area (Å²) in [6, 6.07) is 17.1. The third-order valence-electron chi connectivity index (χ3n) is 3.52. The summed E-state index contributed by atoms with van der Waals surface area (Å²) < 4.78 is 23.6. The van der Waals surface area contributed by atoms with Crippen LogP contribution in [0.25, 0.3) is 11.3 Å². The number of nitrogens with two attached hydrogens (primary N) is 1. The van der Waals surface area contributed by atoms with Gasteiger partial charge in [0.2, 0.25) is 11.9 Å². The van der Waals surface area contributed by atoms with Crippen molar-refractivity contribution in [3.63, 3.8) is 0 Å². The number of ether oxygens (including phenoxy) is 1. The van der Waals surface area contributed by atoms with Gasteiger partial charge in [-0.3, -0.25) is 4.79 Å². The predicted octanol–water partition coefficient (Wildman–Crippen LogP) is 3.47. The van der Waals surface area contributed by atoms with Gasteiger partial charge in [-0.1, -0.05) is 30.3 Å². The van der Waals surface area contributed by atoms with Gasteiger partial charge < -0.3 is 14.9 Å². The van der Waals surface area contributed by atoms with Gasteiger partial charge in [0, 0.05) is 11.1 Å². The highest BCUT2D eigenvalue weighted by atomic mass is 19.1. The molecule has 5 nitrogen and oxygen atoms in total. The molecule has 0 saturated heterocycles. The molecule has 0 unspecified atom stereocenters. The molecule has 0 bridgehead atoms. The van der Waals surface area contributed by atoms with Crippen molar-refractivity contribution in [3.8, 4) is 11.3 Å². The third-order valence-corrected chi connectivity index (χ3v) is 3.52. The second-order valence-corrected chi connectivity index (χ2v) is 5.27. The fraction of sp³-hybridized carbons (Fsp3) is 0.0526. The number of esters is 1. The highest BCUT2D eigenvalue weighted by Crippen LogP contribution is 2.24. The number of primary amides is 1. The van der Waals surface area contributed by atoms with Crippen LogP contribution in [0.3, 0.4) is 0 Å². The number of carbonyl (C=O) groups is 2. The number of rotatable bonds is 5. The molecule has 0 fully saturated rings. The molecule has 1 atom stereocenters. The SMILES string of the molecule is NC(=O)[C@H](OC(=O)c1ccc(-c2ccc(F)cc2)o1)c1ccccc1. The molecule has 1 amide bonds. The Kier molecular flexibility index (Phi) is 4.61. The van der Waals surface area contributed by atoms with E-state index >= 15 is 0 Å². The van der Waals surface area contributed by atoms with E-state index in [2.05, 4.69) is 0 Å². The van der Waals surface area contributed by atoms with Gasteiger partial charge in [0.25, 0.3) is 5.91 Å². The van der Waals surface area contributed by atoms with E-state index < -0.39 is 18.0 Å². The normalized spacial score (nSPS) is 11.7. The van der Waals surface area contributed by atoms with Gasteiger partial charge in [0.05, 0.1) is 0 Å². The van der Waals surface area contributed by atoms with Gasteiger partial charge in [0.1, 0.15) is 11.6 Å². The summed E-state index contributed by atoms with van der Waals surface area (Å²) in [7, 11) is 0. The molecule has 0 radical (unpaired) electrons. The van der Waals surface area contributed by atoms with Crippen molar-refractivity contribution in [1.82, 2.24) is 0 Å². The fourth-order valence-electron chi connectivity index (χ4n) is 2.30. The lowest BCUT2D eigenvalue weighted by Crippen LogP contribution is -2.26. The summed E-state index contributed by atoms with van der Waals surface area (Å²) in [4.78, 5) is 23.9. The van der Waals surface area contributed by atoms with E-state index in [0.717, 1.165) is 0 Å². The third kappa shape index (κ3) is 3.74. The van der Waals surface area contributed by atoms with Crippen molar-refractivity contribution < 1.29 is 23.1 Å². The van der Waals surface area contributed by atoms with E-state index in [1.54, 1.807) is 36.4 Å². The lowest BCUT2D eigenvalue weighted by Gasteiger charge is -2.14. The van der Waals surface area contributed by atoms with Crippen molar-refractivity contribution in [3.05, 3.63) is 83.9 Å². The average molecular weight is 339 g/mol. The largest absolute Gasteiger partial charge is 0.449 e. The quantitative estimate of drug-likeness (QED) is 0.722. The zero-order chi connectivity index (χ0) is 17.8. The predicted molar refractivity (Wildman–Crippen MR) is 87.9 cm³/mol. The van der Waals surface area contributed by atoms with Crippen LogP contribution >= 0.6 is 0 Å². The van der Waals surface area contributed by atoms with E-state index in [9.17, 15) is 14.0 Å². The van der Waals surface area contributed by atoms with Gasteiger partial charge in [-0.15, -0.1) is 0 Å². The topological polar surface area (TPSA) is 82.5 Å². The minimum absolute atomic E-state index is 0.0819. The molecule has 2 aromatic carbocycles. The standard InChI is InChI=1S/C19H14FNO4/c20-14-8-6-12(7-9-14)15-10-11-16(24-15)19(23)25-17(18(21)22)13-4-2-1-3-5-13/h1-11,17H,(H2,21,22)/t17-/m1/s1. The molecule has 6 heteroatoms. The van der Waals surface area contributed by atoms with Crippen molar-refractivity contribution in [1.29, 1.82) is 0 Å². The van der Waals surface area contributed by atoms with Crippen LogP contribution in [0.1, 0.15) is 22.2 Å². The Morgan fingerprint density at radius 2 is 1.64 bits per heavy atom. The molecule has 1 heterocycles. The van der Waals surface area contributed by atoms with Crippen LogP contribution in [-0.2, 0) is 9.53 Å². The summed E-state index contributed by atoms with van der Waals surface area (Å²) in [6.45, 7) is 0. The number of benzene rings is 2. The van der Waals surface area contributed by atoms with Crippen LogP contribution in [0.4, 0.5) is 4.39 Å². The zero-order valence-corrected chi connectivity index (χ0v) is 13.0. The van der Waals surface area contributed by atoms with Crippen LogP contribution in [0.15, 0.2) is 71.1 Å². The fourth-order valence-corrected chi connectivity index (χ4v) is 2.30. The van der Waals surface area contributed by atoms with E-state index in [1.807, 2.05) is 0 Å². The Morgan fingerprint density at radius 3 is 2.28 bits per heavy atom. The van der Waals surface area contributed by atoms with Gasteiger partial charge in [-0.05, 0) is 36.4 Å². The van der Waals surface area contributed by atoms with Crippen molar-refractivity contribution in [2.45, 2.75) is 6.10 Å². The minimum atomic E-state index is -1.21. The molecule has 0 aliphatic carbocycles. The number of hydrogen-bond donors (Lipinski definition) is 1.